The van der Waals surface area contributed by atoms with Gasteiger partial charge < -0.3 is 20.7 Å². The first kappa shape index (κ1) is 34.7. The quantitative estimate of drug-likeness (QED) is 0.0878. The van der Waals surface area contributed by atoms with Crippen LogP contribution in [0.25, 0.3) is 17.3 Å². The van der Waals surface area contributed by atoms with E-state index in [-0.39, 0.29) is 16.6 Å². The number of carbonyl (C=O) groups is 3. The zero-order chi connectivity index (χ0) is 34.0. The number of nitrogens with one attached hydrogen (secondary N) is 3. The van der Waals surface area contributed by atoms with Crippen molar-refractivity contribution in [2.45, 2.75) is 24.0 Å². The molecule has 0 saturated heterocycles. The highest BCUT2D eigenvalue weighted by Gasteiger charge is 2.19. The SMILES string of the molecule is CCOc1ccc(-c2csc(NC(=O)C(C)Sc3cccc(NC(=O)/C(=C\c4cccc(Cl)c4Cl)NC(=O)c4ccccc4)c3)n2)cc1. The van der Waals surface area contributed by atoms with Crippen LogP contribution >= 0.6 is 46.3 Å². The van der Waals surface area contributed by atoms with Crippen molar-refractivity contribution in [2.24, 2.45) is 0 Å². The van der Waals surface area contributed by atoms with Gasteiger partial charge in [-0.2, -0.15) is 0 Å². The van der Waals surface area contributed by atoms with Crippen LogP contribution in [-0.2, 0) is 9.59 Å². The zero-order valence-corrected chi connectivity index (χ0v) is 29.0. The van der Waals surface area contributed by atoms with Gasteiger partial charge in [-0.3, -0.25) is 14.4 Å². The minimum Gasteiger partial charge on any atom is -0.494 e. The maximum absolute atomic E-state index is 13.5. The highest BCUT2D eigenvalue weighted by Crippen LogP contribution is 2.30. The smallest absolute Gasteiger partial charge is 0.272 e. The molecule has 3 amide bonds. The van der Waals surface area contributed by atoms with Crippen LogP contribution in [0, 0.1) is 0 Å². The van der Waals surface area contributed by atoms with E-state index in [0.717, 1.165) is 21.9 Å². The summed E-state index contributed by atoms with van der Waals surface area (Å²) in [5.74, 6) is -0.468. The lowest BCUT2D eigenvalue weighted by atomic mass is 10.1. The number of carbonyl (C=O) groups excluding carboxylic acids is 3. The van der Waals surface area contributed by atoms with Crippen molar-refractivity contribution in [3.8, 4) is 17.0 Å². The van der Waals surface area contributed by atoms with Gasteiger partial charge in [-0.1, -0.05) is 59.6 Å². The highest BCUT2D eigenvalue weighted by molar-refractivity contribution is 8.00. The Bertz CT molecular complexity index is 1950. The number of hydrogen-bond acceptors (Lipinski definition) is 7. The molecule has 0 spiro atoms. The number of anilines is 2. The Balaban J connectivity index is 1.25. The van der Waals surface area contributed by atoms with Crippen LogP contribution in [0.1, 0.15) is 29.8 Å². The average molecular weight is 718 g/mol. The minimum atomic E-state index is -0.574. The third-order valence-corrected chi connectivity index (χ3v) is 9.46. The Morgan fingerprint density at radius 2 is 1.69 bits per heavy atom. The van der Waals surface area contributed by atoms with Crippen molar-refractivity contribution in [2.75, 3.05) is 17.2 Å². The van der Waals surface area contributed by atoms with E-state index in [2.05, 4.69) is 20.9 Å². The maximum atomic E-state index is 13.5. The van der Waals surface area contributed by atoms with E-state index in [1.165, 1.54) is 29.2 Å². The number of rotatable bonds is 12. The lowest BCUT2D eigenvalue weighted by Gasteiger charge is -2.14. The predicted molar refractivity (Wildman–Crippen MR) is 196 cm³/mol. The minimum absolute atomic E-state index is 0.0353. The first-order valence-corrected chi connectivity index (χ1v) is 17.3. The van der Waals surface area contributed by atoms with E-state index in [0.29, 0.717) is 33.6 Å². The molecule has 0 aliphatic heterocycles. The van der Waals surface area contributed by atoms with Crippen molar-refractivity contribution < 1.29 is 19.1 Å². The molecule has 0 fully saturated rings. The van der Waals surface area contributed by atoms with E-state index in [4.69, 9.17) is 27.9 Å². The van der Waals surface area contributed by atoms with Gasteiger partial charge in [0.25, 0.3) is 11.8 Å². The fourth-order valence-corrected chi connectivity index (χ4v) is 6.40. The van der Waals surface area contributed by atoms with Crippen LogP contribution in [0.3, 0.4) is 0 Å². The molecule has 5 rings (SSSR count). The lowest BCUT2D eigenvalue weighted by molar-refractivity contribution is -0.115. The number of halogens is 2. The number of nitrogens with zero attached hydrogens (tertiary/aromatic N) is 1. The summed E-state index contributed by atoms with van der Waals surface area (Å²) >= 11 is 15.2. The number of ether oxygens (including phenoxy) is 1. The number of amides is 3. The maximum Gasteiger partial charge on any atom is 0.272 e. The van der Waals surface area contributed by atoms with Crippen LogP contribution in [0.2, 0.25) is 10.0 Å². The first-order valence-electron chi connectivity index (χ1n) is 14.8. The van der Waals surface area contributed by atoms with Crippen LogP contribution in [0.15, 0.2) is 113 Å². The molecular weight excluding hydrogens is 687 g/mol. The van der Waals surface area contributed by atoms with Gasteiger partial charge in [-0.15, -0.1) is 23.1 Å². The normalized spacial score (nSPS) is 11.8. The molecule has 4 aromatic carbocycles. The lowest BCUT2D eigenvalue weighted by Crippen LogP contribution is -2.30. The van der Waals surface area contributed by atoms with Crippen LogP contribution in [0.5, 0.6) is 5.75 Å². The Morgan fingerprint density at radius 3 is 2.44 bits per heavy atom. The Labute approximate surface area is 296 Å². The van der Waals surface area contributed by atoms with E-state index >= 15 is 0 Å². The summed E-state index contributed by atoms with van der Waals surface area (Å²) in [5.41, 5.74) is 2.95. The summed E-state index contributed by atoms with van der Waals surface area (Å²) < 4.78 is 5.50. The molecule has 0 saturated carbocycles. The summed E-state index contributed by atoms with van der Waals surface area (Å²) in [7, 11) is 0. The molecule has 48 heavy (non-hydrogen) atoms. The van der Waals surface area contributed by atoms with Crippen molar-refractivity contribution in [1.29, 1.82) is 0 Å². The first-order chi connectivity index (χ1) is 23.2. The van der Waals surface area contributed by atoms with Gasteiger partial charge in [-0.05, 0) is 86.2 Å². The summed E-state index contributed by atoms with van der Waals surface area (Å²) in [4.78, 5) is 44.9. The van der Waals surface area contributed by atoms with Crippen molar-refractivity contribution in [3.05, 3.63) is 129 Å². The molecule has 0 bridgehead atoms. The third-order valence-electron chi connectivity index (χ3n) is 6.78. The van der Waals surface area contributed by atoms with Gasteiger partial charge in [0, 0.05) is 27.1 Å². The summed E-state index contributed by atoms with van der Waals surface area (Å²) in [5, 5.41) is 10.9. The molecule has 0 aliphatic rings. The second kappa shape index (κ2) is 16.5. The van der Waals surface area contributed by atoms with Crippen molar-refractivity contribution in [1.82, 2.24) is 10.3 Å². The average Bonchev–Trinajstić information content (AvgIpc) is 3.55. The van der Waals surface area contributed by atoms with Crippen molar-refractivity contribution in [3.63, 3.8) is 0 Å². The summed E-state index contributed by atoms with van der Waals surface area (Å²) in [6, 6.07) is 28.3. The fraction of sp³-hybridized carbons (Fsp3) is 0.111. The molecule has 12 heteroatoms. The molecule has 1 heterocycles. The highest BCUT2D eigenvalue weighted by atomic mass is 35.5. The van der Waals surface area contributed by atoms with Gasteiger partial charge in [0.15, 0.2) is 5.13 Å². The van der Waals surface area contributed by atoms with E-state index in [1.807, 2.05) is 42.6 Å². The molecule has 0 aliphatic carbocycles. The zero-order valence-electron chi connectivity index (χ0n) is 25.8. The fourth-order valence-electron chi connectivity index (χ4n) is 4.39. The molecule has 1 atom stereocenters. The molecule has 1 aromatic heterocycles. The van der Waals surface area contributed by atoms with E-state index < -0.39 is 17.1 Å². The molecular formula is C36H30Cl2N4O4S2. The van der Waals surface area contributed by atoms with Gasteiger partial charge in [0.1, 0.15) is 11.4 Å². The van der Waals surface area contributed by atoms with Gasteiger partial charge in [0.2, 0.25) is 5.91 Å². The number of benzene rings is 4. The van der Waals surface area contributed by atoms with Gasteiger partial charge in [0.05, 0.1) is 27.6 Å². The largest absolute Gasteiger partial charge is 0.494 e. The molecule has 8 nitrogen and oxygen atoms in total. The Hall–Kier alpha value is -4.61. The second-order valence-corrected chi connectivity index (χ2v) is 13.3. The Kier molecular flexibility index (Phi) is 11.9. The van der Waals surface area contributed by atoms with Crippen LogP contribution in [0.4, 0.5) is 10.8 Å². The van der Waals surface area contributed by atoms with Crippen molar-refractivity contribution >= 4 is 80.9 Å². The molecule has 0 radical (unpaired) electrons. The number of thiazole rings is 1. The predicted octanol–water partition coefficient (Wildman–Crippen LogP) is 9.04. The number of thioether (sulfide) groups is 1. The van der Waals surface area contributed by atoms with Crippen LogP contribution in [-0.4, -0.2) is 34.6 Å². The van der Waals surface area contributed by atoms with Gasteiger partial charge >= 0.3 is 0 Å². The topological polar surface area (TPSA) is 109 Å². The Morgan fingerprint density at radius 1 is 0.938 bits per heavy atom. The number of aromatic nitrogens is 1. The van der Waals surface area contributed by atoms with Gasteiger partial charge in [-0.25, -0.2) is 4.98 Å². The van der Waals surface area contributed by atoms with E-state index in [1.54, 1.807) is 73.7 Å². The molecule has 3 N–H and O–H groups in total. The summed E-state index contributed by atoms with van der Waals surface area (Å²) in [6.07, 6.45) is 1.47. The van der Waals surface area contributed by atoms with E-state index in [9.17, 15) is 14.4 Å². The molecule has 1 unspecified atom stereocenters. The monoisotopic (exact) mass is 716 g/mol. The molecule has 5 aromatic rings. The standard InChI is InChI=1S/C36H30Cl2N4O4S2/c1-3-46-27-17-15-23(16-18-27)31-21-47-36(41-31)42-33(43)22(2)48-28-13-8-12-26(20-28)39-35(45)30(19-25-11-7-14-29(37)32(25)38)40-34(44)24-9-5-4-6-10-24/h4-22H,3H2,1-2H3,(H,39,45)(H,40,44)(H,41,42,43)/b30-19+. The molecule has 244 valence electrons. The van der Waals surface area contributed by atoms with Crippen LogP contribution < -0.4 is 20.7 Å². The third kappa shape index (κ3) is 9.26. The number of hydrogen-bond donors (Lipinski definition) is 3. The second-order valence-electron chi connectivity index (χ2n) is 10.2. The summed E-state index contributed by atoms with van der Waals surface area (Å²) in [6.45, 7) is 4.32.